The van der Waals surface area contributed by atoms with Crippen LogP contribution in [0, 0.1) is 0 Å². The zero-order chi connectivity index (χ0) is 18.2. The minimum Gasteiger partial charge on any atom is -0.381 e. The second kappa shape index (κ2) is 10.0. The second-order valence-electron chi connectivity index (χ2n) is 6.13. The molecule has 5 N–H and O–H groups in total. The van der Waals surface area contributed by atoms with E-state index in [1.54, 1.807) is 0 Å². The van der Waals surface area contributed by atoms with Gasteiger partial charge in [0.15, 0.2) is 17.9 Å². The van der Waals surface area contributed by atoms with E-state index in [4.69, 9.17) is 30.4 Å². The summed E-state index contributed by atoms with van der Waals surface area (Å²) in [4.78, 5) is 3.85. The monoisotopic (exact) mass is 360 g/mol. The molecule has 8 nitrogen and oxygen atoms in total. The number of rotatable bonds is 10. The van der Waals surface area contributed by atoms with Crippen LogP contribution in [0.25, 0.3) is 0 Å². The summed E-state index contributed by atoms with van der Waals surface area (Å²) in [6.07, 6.45) is 3.28. The van der Waals surface area contributed by atoms with Crippen molar-refractivity contribution in [2.75, 3.05) is 13.3 Å². The maximum Gasteiger partial charge on any atom is 0.214 e. The maximum atomic E-state index is 14.0. The molecule has 144 valence electrons. The van der Waals surface area contributed by atoms with Crippen molar-refractivity contribution in [3.63, 3.8) is 0 Å². The Bertz CT molecular complexity index is 477. The number of ether oxygens (including phenoxy) is 4. The van der Waals surface area contributed by atoms with Crippen LogP contribution in [0.4, 0.5) is 4.39 Å². The lowest BCUT2D eigenvalue weighted by Gasteiger charge is -2.17. The van der Waals surface area contributed by atoms with Crippen LogP contribution in [0.1, 0.15) is 39.5 Å². The lowest BCUT2D eigenvalue weighted by atomic mass is 10.1. The van der Waals surface area contributed by atoms with Crippen molar-refractivity contribution in [3.05, 3.63) is 12.0 Å². The van der Waals surface area contributed by atoms with Crippen molar-refractivity contribution < 1.29 is 23.3 Å². The van der Waals surface area contributed by atoms with Crippen molar-refractivity contribution in [2.45, 2.75) is 70.5 Å². The van der Waals surface area contributed by atoms with Crippen molar-refractivity contribution >= 4 is 5.84 Å². The van der Waals surface area contributed by atoms with Gasteiger partial charge in [-0.05, 0) is 13.3 Å². The SMILES string of the molecule is CCCCCCOCN=C(N)/C(F)=C\N[C@@H]1O[C@H](C)C2OC(N)OC21. The van der Waals surface area contributed by atoms with Crippen molar-refractivity contribution in [1.29, 1.82) is 0 Å². The van der Waals surface area contributed by atoms with Crippen LogP contribution in [-0.4, -0.2) is 50.1 Å². The molecule has 0 aliphatic carbocycles. The first kappa shape index (κ1) is 20.1. The Kier molecular flexibility index (Phi) is 8.04. The highest BCUT2D eigenvalue weighted by atomic mass is 19.1. The van der Waals surface area contributed by atoms with Crippen LogP contribution >= 0.6 is 0 Å². The van der Waals surface area contributed by atoms with Crippen LogP contribution in [0.2, 0.25) is 0 Å². The molecule has 5 atom stereocenters. The summed E-state index contributed by atoms with van der Waals surface area (Å²) in [5, 5.41) is 2.79. The predicted octanol–water partition coefficient (Wildman–Crippen LogP) is 1.07. The van der Waals surface area contributed by atoms with Crippen molar-refractivity contribution in [2.24, 2.45) is 16.5 Å². The minimum atomic E-state index is -0.791. The Labute approximate surface area is 147 Å². The minimum absolute atomic E-state index is 0.0344. The van der Waals surface area contributed by atoms with Gasteiger partial charge in [0, 0.05) is 12.8 Å². The van der Waals surface area contributed by atoms with E-state index in [-0.39, 0.29) is 24.8 Å². The molecule has 2 fully saturated rings. The highest BCUT2D eigenvalue weighted by Crippen LogP contribution is 2.31. The Morgan fingerprint density at radius 3 is 2.76 bits per heavy atom. The van der Waals surface area contributed by atoms with Crippen LogP contribution in [0.15, 0.2) is 17.0 Å². The molecule has 2 rings (SSSR count). The third kappa shape index (κ3) is 5.89. The lowest BCUT2D eigenvalue weighted by Crippen LogP contribution is -2.38. The molecule has 0 amide bonds. The summed E-state index contributed by atoms with van der Waals surface area (Å²) >= 11 is 0. The van der Waals surface area contributed by atoms with Gasteiger partial charge in [-0.25, -0.2) is 9.38 Å². The summed E-state index contributed by atoms with van der Waals surface area (Å²) in [5.41, 5.74) is 11.2. The van der Waals surface area contributed by atoms with Gasteiger partial charge in [0.05, 0.1) is 6.10 Å². The molecule has 0 bridgehead atoms. The van der Waals surface area contributed by atoms with E-state index in [2.05, 4.69) is 17.2 Å². The van der Waals surface area contributed by atoms with E-state index in [1.807, 2.05) is 6.92 Å². The Morgan fingerprint density at radius 1 is 1.24 bits per heavy atom. The van der Waals surface area contributed by atoms with Crippen molar-refractivity contribution in [3.8, 4) is 0 Å². The van der Waals surface area contributed by atoms with Crippen LogP contribution in [0.5, 0.6) is 0 Å². The first-order valence-electron chi connectivity index (χ1n) is 8.74. The van der Waals surface area contributed by atoms with Gasteiger partial charge in [0.1, 0.15) is 18.9 Å². The van der Waals surface area contributed by atoms with Crippen LogP contribution in [-0.2, 0) is 18.9 Å². The van der Waals surface area contributed by atoms with Gasteiger partial charge >= 0.3 is 0 Å². The molecule has 3 unspecified atom stereocenters. The Balaban J connectivity index is 1.72. The third-order valence-electron chi connectivity index (χ3n) is 4.12. The number of halogens is 1. The summed E-state index contributed by atoms with van der Waals surface area (Å²) in [6.45, 7) is 4.61. The molecule has 2 heterocycles. The molecule has 25 heavy (non-hydrogen) atoms. The highest BCUT2D eigenvalue weighted by molar-refractivity contribution is 5.94. The number of amidine groups is 1. The van der Waals surface area contributed by atoms with E-state index in [0.717, 1.165) is 19.0 Å². The molecule has 0 aromatic heterocycles. The number of aliphatic imine (C=N–C) groups is 1. The van der Waals surface area contributed by atoms with Crippen LogP contribution in [0.3, 0.4) is 0 Å². The van der Waals surface area contributed by atoms with E-state index < -0.39 is 24.6 Å². The second-order valence-corrected chi connectivity index (χ2v) is 6.13. The van der Waals surface area contributed by atoms with Crippen molar-refractivity contribution in [1.82, 2.24) is 5.32 Å². The fourth-order valence-electron chi connectivity index (χ4n) is 2.75. The summed E-state index contributed by atoms with van der Waals surface area (Å²) in [6, 6.07) is 0. The highest BCUT2D eigenvalue weighted by Gasteiger charge is 2.50. The van der Waals surface area contributed by atoms with E-state index in [0.29, 0.717) is 6.61 Å². The summed E-state index contributed by atoms with van der Waals surface area (Å²) in [7, 11) is 0. The van der Waals surface area contributed by atoms with Gasteiger partial charge in [-0.3, -0.25) is 5.73 Å². The molecule has 0 radical (unpaired) electrons. The average Bonchev–Trinajstić information content (AvgIpc) is 3.10. The number of nitrogens with two attached hydrogens (primary N) is 2. The normalized spacial score (nSPS) is 32.9. The maximum absolute atomic E-state index is 14.0. The topological polar surface area (TPSA) is 113 Å². The standard InChI is InChI=1S/C16H29FN4O4/c1-3-4-5-6-7-22-9-21-14(18)11(17)8-20-15-13-12(10(2)23-15)24-16(19)25-13/h8,10,12-13,15-16,20H,3-7,9,19H2,1-2H3,(H2,18,21)/b11-8+/t10-,12?,13?,15-,16?/m1/s1. The lowest BCUT2D eigenvalue weighted by molar-refractivity contribution is -0.126. The quantitative estimate of drug-likeness (QED) is 0.303. The third-order valence-corrected chi connectivity index (χ3v) is 4.12. The van der Waals surface area contributed by atoms with Gasteiger partial charge in [0.25, 0.3) is 0 Å². The van der Waals surface area contributed by atoms with E-state index >= 15 is 0 Å². The van der Waals surface area contributed by atoms with E-state index in [9.17, 15) is 4.39 Å². The first-order valence-corrected chi connectivity index (χ1v) is 8.74. The molecular weight excluding hydrogens is 331 g/mol. The number of fused-ring (bicyclic) bond motifs is 1. The number of unbranched alkanes of at least 4 members (excludes halogenated alkanes) is 3. The molecule has 2 aliphatic rings. The molecule has 0 spiro atoms. The fourth-order valence-corrected chi connectivity index (χ4v) is 2.75. The molecule has 9 heteroatoms. The molecule has 0 saturated carbocycles. The fraction of sp³-hybridized carbons (Fsp3) is 0.812. The van der Waals surface area contributed by atoms with Gasteiger partial charge < -0.3 is 30.0 Å². The van der Waals surface area contributed by atoms with Gasteiger partial charge in [0.2, 0.25) is 6.41 Å². The molecule has 0 aromatic rings. The molecule has 2 saturated heterocycles. The number of nitrogens with zero attached hydrogens (tertiary/aromatic N) is 1. The van der Waals surface area contributed by atoms with Gasteiger partial charge in [-0.2, -0.15) is 0 Å². The van der Waals surface area contributed by atoms with Crippen LogP contribution < -0.4 is 16.8 Å². The summed E-state index contributed by atoms with van der Waals surface area (Å²) in [5.74, 6) is -0.929. The Hall–Kier alpha value is -1.26. The predicted molar refractivity (Wildman–Crippen MR) is 91.0 cm³/mol. The molecule has 2 aliphatic heterocycles. The number of nitrogens with one attached hydrogen (secondary N) is 1. The largest absolute Gasteiger partial charge is 0.381 e. The average molecular weight is 360 g/mol. The zero-order valence-electron chi connectivity index (χ0n) is 14.8. The zero-order valence-corrected chi connectivity index (χ0v) is 14.8. The summed E-state index contributed by atoms with van der Waals surface area (Å²) < 4.78 is 35.7. The molecular formula is C16H29FN4O4. The van der Waals surface area contributed by atoms with Gasteiger partial charge in [-0.1, -0.05) is 26.2 Å². The van der Waals surface area contributed by atoms with Gasteiger partial charge in [-0.15, -0.1) is 0 Å². The number of hydrogen-bond acceptors (Lipinski definition) is 7. The Morgan fingerprint density at radius 2 is 2.00 bits per heavy atom. The smallest absolute Gasteiger partial charge is 0.214 e. The number of hydrogen-bond donors (Lipinski definition) is 3. The molecule has 0 aromatic carbocycles. The van der Waals surface area contributed by atoms with E-state index in [1.165, 1.54) is 12.8 Å². The first-order chi connectivity index (χ1) is 12.0.